The molecule has 0 amide bonds. The van der Waals surface area contributed by atoms with Crippen LogP contribution in [0.3, 0.4) is 0 Å². The monoisotopic (exact) mass is 565 g/mol. The topological polar surface area (TPSA) is 111 Å². The van der Waals surface area contributed by atoms with Gasteiger partial charge in [-0.2, -0.15) is 9.37 Å². The second-order valence-electron chi connectivity index (χ2n) is 9.49. The van der Waals surface area contributed by atoms with Crippen molar-refractivity contribution in [2.45, 2.75) is 55.4 Å². The molecule has 1 atom stereocenters. The van der Waals surface area contributed by atoms with Gasteiger partial charge in [-0.15, -0.1) is 0 Å². The molecular weight excluding hydrogens is 533 g/mol. The van der Waals surface area contributed by atoms with Crippen LogP contribution in [0.4, 0.5) is 4.39 Å². The average Bonchev–Trinajstić information content (AvgIpc) is 2.93. The van der Waals surface area contributed by atoms with Crippen LogP contribution >= 0.6 is 0 Å². The molecule has 1 unspecified atom stereocenters. The zero-order valence-corrected chi connectivity index (χ0v) is 23.5. The second kappa shape index (κ2) is 12.5. The van der Waals surface area contributed by atoms with Gasteiger partial charge in [-0.3, -0.25) is 9.36 Å². The Bertz CT molecular complexity index is 1640. The highest BCUT2D eigenvalue weighted by Crippen LogP contribution is 2.30. The lowest BCUT2D eigenvalue weighted by atomic mass is 10.1. The molecule has 40 heavy (non-hydrogen) atoms. The van der Waals surface area contributed by atoms with E-state index in [0.29, 0.717) is 29.7 Å². The Balaban J connectivity index is 1.85. The molecule has 2 aromatic heterocycles. The van der Waals surface area contributed by atoms with Gasteiger partial charge in [0.15, 0.2) is 4.90 Å². The number of nitrogens with zero attached hydrogens (tertiary/aromatic N) is 3. The predicted octanol–water partition coefficient (Wildman–Crippen LogP) is 5.26. The van der Waals surface area contributed by atoms with Crippen LogP contribution in [0.25, 0.3) is 11.1 Å². The molecule has 8 nitrogen and oxygen atoms in total. The molecule has 10 heteroatoms. The van der Waals surface area contributed by atoms with Gasteiger partial charge in [0.25, 0.3) is 5.56 Å². The van der Waals surface area contributed by atoms with Crippen LogP contribution < -0.4 is 5.56 Å². The second-order valence-corrected chi connectivity index (χ2v) is 11.4. The summed E-state index contributed by atoms with van der Waals surface area (Å²) < 4.78 is 47.8. The van der Waals surface area contributed by atoms with Gasteiger partial charge >= 0.3 is 0 Å². The number of ether oxygens (including phenoxy) is 1. The van der Waals surface area contributed by atoms with E-state index in [0.717, 1.165) is 18.4 Å². The van der Waals surface area contributed by atoms with E-state index in [4.69, 9.17) is 4.74 Å². The van der Waals surface area contributed by atoms with Crippen LogP contribution in [-0.4, -0.2) is 41.8 Å². The van der Waals surface area contributed by atoms with E-state index >= 15 is 0 Å². The summed E-state index contributed by atoms with van der Waals surface area (Å²) in [6.45, 7) is 3.79. The minimum Gasteiger partial charge on any atom is -0.492 e. The fourth-order valence-electron chi connectivity index (χ4n) is 4.74. The highest BCUT2D eigenvalue weighted by atomic mass is 32.2. The van der Waals surface area contributed by atoms with Gasteiger partial charge < -0.3 is 9.84 Å². The summed E-state index contributed by atoms with van der Waals surface area (Å²) >= 11 is 0. The first-order chi connectivity index (χ1) is 19.2. The van der Waals surface area contributed by atoms with Crippen LogP contribution in [0.1, 0.15) is 49.3 Å². The lowest BCUT2D eigenvalue weighted by molar-refractivity contribution is 0.165. The molecule has 0 saturated carbocycles. The molecule has 2 heterocycles. The van der Waals surface area contributed by atoms with E-state index in [1.165, 1.54) is 29.9 Å². The molecule has 0 saturated heterocycles. The minimum atomic E-state index is -4.47. The molecule has 4 aromatic rings. The van der Waals surface area contributed by atoms with E-state index < -0.39 is 38.2 Å². The number of methoxy groups -OCH3 is 1. The Kier molecular flexibility index (Phi) is 9.11. The molecule has 2 aromatic carbocycles. The van der Waals surface area contributed by atoms with Gasteiger partial charge in [0.2, 0.25) is 21.7 Å². The standard InChI is InChI=1S/C30H32FN3O5S/c1-4-5-7-12-27-33-29(35)28(30(36)34(27)25(19-39-3)22-10-8-6-9-11-22)40(37,38)23-15-13-21(14-16-23)24-17-18-26(31)32-20(24)2/h6,8-11,13-18,25,35H,4-5,7,12,19H2,1-3H3. The first kappa shape index (κ1) is 29.1. The summed E-state index contributed by atoms with van der Waals surface area (Å²) in [7, 11) is -2.97. The van der Waals surface area contributed by atoms with Gasteiger partial charge in [0.1, 0.15) is 5.82 Å². The maximum absolute atomic E-state index is 14.0. The number of aromatic hydroxyl groups is 1. The Morgan fingerprint density at radius 3 is 2.33 bits per heavy atom. The molecule has 0 fully saturated rings. The summed E-state index contributed by atoms with van der Waals surface area (Å²) in [4.78, 5) is 21.1. The largest absolute Gasteiger partial charge is 0.492 e. The summed E-state index contributed by atoms with van der Waals surface area (Å²) in [5.41, 5.74) is 1.58. The summed E-state index contributed by atoms with van der Waals surface area (Å²) in [5, 5.41) is 10.8. The van der Waals surface area contributed by atoms with E-state index in [1.807, 2.05) is 37.3 Å². The Hall–Kier alpha value is -3.89. The van der Waals surface area contributed by atoms with Gasteiger partial charge in [-0.25, -0.2) is 13.4 Å². The molecule has 0 aliphatic carbocycles. The summed E-state index contributed by atoms with van der Waals surface area (Å²) in [6.07, 6.45) is 2.91. The molecule has 1 N–H and O–H groups in total. The molecule has 0 bridgehead atoms. The highest BCUT2D eigenvalue weighted by molar-refractivity contribution is 7.91. The van der Waals surface area contributed by atoms with Crippen molar-refractivity contribution < 1.29 is 22.7 Å². The molecule has 0 aliphatic rings. The number of aromatic nitrogens is 3. The normalized spacial score (nSPS) is 12.4. The SMILES string of the molecule is CCCCCc1nc(O)c(S(=O)(=O)c2ccc(-c3ccc(F)nc3C)cc2)c(=O)n1C(COC)c1ccccc1. The van der Waals surface area contributed by atoms with Crippen LogP contribution in [0.2, 0.25) is 0 Å². The first-order valence-electron chi connectivity index (χ1n) is 13.1. The molecule has 210 valence electrons. The quantitative estimate of drug-likeness (QED) is 0.195. The number of rotatable bonds is 11. The summed E-state index contributed by atoms with van der Waals surface area (Å²) in [5.74, 6) is -1.16. The summed E-state index contributed by atoms with van der Waals surface area (Å²) in [6, 6.07) is 17.1. The molecule has 0 aliphatic heterocycles. The predicted molar refractivity (Wildman–Crippen MR) is 150 cm³/mol. The first-order valence-corrected chi connectivity index (χ1v) is 14.5. The zero-order valence-electron chi connectivity index (χ0n) is 22.7. The average molecular weight is 566 g/mol. The maximum Gasteiger partial charge on any atom is 0.277 e. The van der Waals surface area contributed by atoms with E-state index in [-0.39, 0.29) is 17.3 Å². The third-order valence-electron chi connectivity index (χ3n) is 6.75. The third kappa shape index (κ3) is 5.97. The van der Waals surface area contributed by atoms with Crippen molar-refractivity contribution in [3.63, 3.8) is 0 Å². The van der Waals surface area contributed by atoms with Crippen molar-refractivity contribution in [3.8, 4) is 17.0 Å². The number of sulfone groups is 1. The van der Waals surface area contributed by atoms with Crippen molar-refractivity contribution in [2.75, 3.05) is 13.7 Å². The van der Waals surface area contributed by atoms with E-state index in [9.17, 15) is 22.7 Å². The fraction of sp³-hybridized carbons (Fsp3) is 0.300. The van der Waals surface area contributed by atoms with Crippen molar-refractivity contribution in [1.29, 1.82) is 0 Å². The van der Waals surface area contributed by atoms with Crippen LogP contribution in [0.15, 0.2) is 81.3 Å². The molecule has 0 spiro atoms. The fourth-order valence-corrected chi connectivity index (χ4v) is 6.08. The van der Waals surface area contributed by atoms with Crippen LogP contribution in [0, 0.1) is 12.9 Å². The number of halogens is 1. The zero-order chi connectivity index (χ0) is 28.9. The Morgan fingerprint density at radius 1 is 1.00 bits per heavy atom. The molecule has 0 radical (unpaired) electrons. The van der Waals surface area contributed by atoms with Gasteiger partial charge in [-0.1, -0.05) is 62.2 Å². The third-order valence-corrected chi connectivity index (χ3v) is 8.54. The number of aryl methyl sites for hydroxylation is 2. The smallest absolute Gasteiger partial charge is 0.277 e. The van der Waals surface area contributed by atoms with Crippen LogP contribution in [-0.2, 0) is 21.0 Å². The molecule has 4 rings (SSSR count). The molecular formula is C30H32FN3O5S. The van der Waals surface area contributed by atoms with Crippen molar-refractivity contribution in [2.24, 2.45) is 0 Å². The lowest BCUT2D eigenvalue weighted by Gasteiger charge is -2.24. The number of benzene rings is 2. The maximum atomic E-state index is 14.0. The Morgan fingerprint density at radius 2 is 1.70 bits per heavy atom. The van der Waals surface area contributed by atoms with Gasteiger partial charge in [0, 0.05) is 24.8 Å². The number of hydrogen-bond donors (Lipinski definition) is 1. The van der Waals surface area contributed by atoms with Crippen molar-refractivity contribution in [3.05, 3.63) is 100 Å². The number of unbranched alkanes of at least 4 members (excludes halogenated alkanes) is 2. The number of hydrogen-bond acceptors (Lipinski definition) is 7. The van der Waals surface area contributed by atoms with Crippen LogP contribution in [0.5, 0.6) is 5.88 Å². The van der Waals surface area contributed by atoms with Crippen molar-refractivity contribution >= 4 is 9.84 Å². The van der Waals surface area contributed by atoms with E-state index in [2.05, 4.69) is 9.97 Å². The van der Waals surface area contributed by atoms with E-state index in [1.54, 1.807) is 25.1 Å². The van der Waals surface area contributed by atoms with Gasteiger partial charge in [0.05, 0.1) is 17.5 Å². The van der Waals surface area contributed by atoms with Gasteiger partial charge in [-0.05, 0) is 48.7 Å². The lowest BCUT2D eigenvalue weighted by Crippen LogP contribution is -2.35. The highest BCUT2D eigenvalue weighted by Gasteiger charge is 2.32. The Labute approximate surface area is 233 Å². The van der Waals surface area contributed by atoms with Crippen molar-refractivity contribution in [1.82, 2.24) is 14.5 Å². The number of pyridine rings is 1. The minimum absolute atomic E-state index is 0.0936.